The van der Waals surface area contributed by atoms with E-state index < -0.39 is 27.9 Å². The van der Waals surface area contributed by atoms with Gasteiger partial charge in [0.2, 0.25) is 15.9 Å². The van der Waals surface area contributed by atoms with E-state index in [1.54, 1.807) is 12.1 Å². The molecule has 1 aromatic rings. The van der Waals surface area contributed by atoms with Crippen molar-refractivity contribution < 1.29 is 23.1 Å². The predicted octanol–water partition coefficient (Wildman–Crippen LogP) is 2.27. The number of sulfonamides is 1. The predicted molar refractivity (Wildman–Crippen MR) is 119 cm³/mol. The molecular weight excluding hydrogens is 418 g/mol. The van der Waals surface area contributed by atoms with Gasteiger partial charge in [-0.3, -0.25) is 14.5 Å². The van der Waals surface area contributed by atoms with Gasteiger partial charge in [0, 0.05) is 23.5 Å². The molecule has 0 unspecified atom stereocenters. The topological polar surface area (TPSA) is 116 Å². The van der Waals surface area contributed by atoms with E-state index >= 15 is 0 Å². The Morgan fingerprint density at radius 1 is 1.13 bits per heavy atom. The lowest BCUT2D eigenvalue weighted by Crippen LogP contribution is -2.63. The average molecular weight is 454 g/mol. The second kappa shape index (κ2) is 9.26. The van der Waals surface area contributed by atoms with Gasteiger partial charge in [-0.2, -0.15) is 4.72 Å². The zero-order valence-corrected chi connectivity index (χ0v) is 20.0. The minimum atomic E-state index is -3.98. The van der Waals surface area contributed by atoms with E-state index in [1.807, 2.05) is 6.92 Å². The van der Waals surface area contributed by atoms with Crippen LogP contribution in [0.25, 0.3) is 0 Å². The monoisotopic (exact) mass is 453 g/mol. The minimum Gasteiger partial charge on any atom is -0.481 e. The molecule has 1 saturated heterocycles. The molecule has 0 aliphatic carbocycles. The van der Waals surface area contributed by atoms with E-state index in [0.717, 1.165) is 5.56 Å². The van der Waals surface area contributed by atoms with Crippen LogP contribution in [-0.2, 0) is 19.6 Å². The lowest BCUT2D eigenvalue weighted by atomic mass is 9.77. The minimum absolute atomic E-state index is 0.0350. The first-order valence-corrected chi connectivity index (χ1v) is 12.0. The van der Waals surface area contributed by atoms with E-state index in [-0.39, 0.29) is 34.9 Å². The second-order valence-corrected chi connectivity index (χ2v) is 11.4. The number of carboxylic acid groups (broad SMARTS) is 1. The maximum Gasteiger partial charge on any atom is 0.303 e. The van der Waals surface area contributed by atoms with Crippen LogP contribution in [0.3, 0.4) is 0 Å². The summed E-state index contributed by atoms with van der Waals surface area (Å²) in [6.45, 7) is 10.3. The van der Waals surface area contributed by atoms with Crippen LogP contribution in [0.4, 0.5) is 0 Å². The van der Waals surface area contributed by atoms with Crippen LogP contribution in [0.2, 0.25) is 0 Å². The number of nitrogens with zero attached hydrogens (tertiary/aromatic N) is 1. The summed E-state index contributed by atoms with van der Waals surface area (Å²) in [6.07, 6.45) is 0.953. The summed E-state index contributed by atoms with van der Waals surface area (Å²) in [6, 6.07) is 4.95. The fourth-order valence-electron chi connectivity index (χ4n) is 4.26. The van der Waals surface area contributed by atoms with Crippen molar-refractivity contribution in [3.05, 3.63) is 29.8 Å². The standard InChI is InChI=1S/C22H35N3O5S/c1-15-7-9-17(10-8-15)31(29,30)24-18(11-12-19(26)27)20(28)23-16-13-21(2,3)25(6)22(4,5)14-16/h7-10,16,18,24H,11-14H2,1-6H3,(H,23,28)(H,26,27)/t18-/m0/s1. The number of likely N-dealkylation sites (tertiary alicyclic amines) is 1. The number of piperidine rings is 1. The van der Waals surface area contributed by atoms with Crippen molar-refractivity contribution in [2.45, 2.75) is 88.4 Å². The fraction of sp³-hybridized carbons (Fsp3) is 0.636. The number of aliphatic carboxylic acids is 1. The smallest absolute Gasteiger partial charge is 0.303 e. The summed E-state index contributed by atoms with van der Waals surface area (Å²) in [5.41, 5.74) is 0.599. The van der Waals surface area contributed by atoms with Gasteiger partial charge in [-0.1, -0.05) is 17.7 Å². The highest BCUT2D eigenvalue weighted by Crippen LogP contribution is 2.36. The number of carboxylic acids is 1. The van der Waals surface area contributed by atoms with Gasteiger partial charge in [0.25, 0.3) is 0 Å². The Kier molecular flexibility index (Phi) is 7.55. The molecular formula is C22H35N3O5S. The zero-order chi connectivity index (χ0) is 23.6. The number of nitrogens with one attached hydrogen (secondary N) is 2. The van der Waals surface area contributed by atoms with Crippen LogP contribution in [0.15, 0.2) is 29.2 Å². The Bertz CT molecular complexity index is 892. The van der Waals surface area contributed by atoms with Crippen molar-refractivity contribution in [3.63, 3.8) is 0 Å². The third-order valence-corrected chi connectivity index (χ3v) is 7.73. The molecule has 2 rings (SSSR count). The number of carbonyl (C=O) groups is 2. The Labute approximate surface area is 185 Å². The van der Waals surface area contributed by atoms with Crippen LogP contribution in [0.5, 0.6) is 0 Å². The molecule has 3 N–H and O–H groups in total. The molecule has 8 nitrogen and oxygen atoms in total. The van der Waals surface area contributed by atoms with Gasteiger partial charge in [-0.25, -0.2) is 8.42 Å². The van der Waals surface area contributed by atoms with Crippen LogP contribution < -0.4 is 10.0 Å². The van der Waals surface area contributed by atoms with Gasteiger partial charge in [0.1, 0.15) is 6.04 Å². The number of carbonyl (C=O) groups excluding carboxylic acids is 1. The van der Waals surface area contributed by atoms with E-state index in [4.69, 9.17) is 5.11 Å². The molecule has 9 heteroatoms. The number of rotatable bonds is 8. The van der Waals surface area contributed by atoms with Gasteiger partial charge in [-0.15, -0.1) is 0 Å². The van der Waals surface area contributed by atoms with Crippen LogP contribution >= 0.6 is 0 Å². The molecule has 1 aromatic carbocycles. The molecule has 1 fully saturated rings. The molecule has 1 heterocycles. The van der Waals surface area contributed by atoms with Crippen molar-refractivity contribution in [2.24, 2.45) is 0 Å². The van der Waals surface area contributed by atoms with Crippen molar-refractivity contribution in [2.75, 3.05) is 7.05 Å². The van der Waals surface area contributed by atoms with Crippen molar-refractivity contribution in [1.29, 1.82) is 0 Å². The van der Waals surface area contributed by atoms with E-state index in [0.29, 0.717) is 12.8 Å². The fourth-order valence-corrected chi connectivity index (χ4v) is 5.49. The Morgan fingerprint density at radius 2 is 1.65 bits per heavy atom. The number of benzene rings is 1. The Morgan fingerprint density at radius 3 is 2.13 bits per heavy atom. The van der Waals surface area contributed by atoms with Crippen molar-refractivity contribution >= 4 is 21.9 Å². The lowest BCUT2D eigenvalue weighted by Gasteiger charge is -2.53. The van der Waals surface area contributed by atoms with Gasteiger partial charge >= 0.3 is 5.97 Å². The second-order valence-electron chi connectivity index (χ2n) is 9.72. The number of hydrogen-bond acceptors (Lipinski definition) is 5. The Balaban J connectivity index is 2.20. The number of hydrogen-bond donors (Lipinski definition) is 3. The van der Waals surface area contributed by atoms with Crippen LogP contribution in [0.1, 0.15) is 58.9 Å². The highest BCUT2D eigenvalue weighted by molar-refractivity contribution is 7.89. The molecule has 31 heavy (non-hydrogen) atoms. The summed E-state index contributed by atoms with van der Waals surface area (Å²) in [5, 5.41) is 12.0. The lowest BCUT2D eigenvalue weighted by molar-refractivity contribution is -0.137. The maximum absolute atomic E-state index is 13.0. The summed E-state index contributed by atoms with van der Waals surface area (Å²) in [5.74, 6) is -1.59. The van der Waals surface area contributed by atoms with Crippen molar-refractivity contribution in [3.8, 4) is 0 Å². The number of amides is 1. The molecule has 0 bridgehead atoms. The van der Waals surface area contributed by atoms with E-state index in [2.05, 4.69) is 49.7 Å². The van der Waals surface area contributed by atoms with Crippen LogP contribution in [0, 0.1) is 6.92 Å². The maximum atomic E-state index is 13.0. The third kappa shape index (κ3) is 6.51. The molecule has 0 radical (unpaired) electrons. The molecule has 1 aliphatic heterocycles. The third-order valence-electron chi connectivity index (χ3n) is 6.25. The van der Waals surface area contributed by atoms with Gasteiger partial charge < -0.3 is 10.4 Å². The van der Waals surface area contributed by atoms with Gasteiger partial charge in [0.05, 0.1) is 4.90 Å². The van der Waals surface area contributed by atoms with Gasteiger partial charge in [-0.05, 0) is 73.1 Å². The largest absolute Gasteiger partial charge is 0.481 e. The number of aryl methyl sites for hydroxylation is 1. The summed E-state index contributed by atoms with van der Waals surface area (Å²) in [4.78, 5) is 26.4. The van der Waals surface area contributed by atoms with Crippen LogP contribution in [-0.4, -0.2) is 60.5 Å². The first kappa shape index (κ1) is 25.3. The normalized spacial score (nSPS) is 20.2. The molecule has 0 aromatic heterocycles. The highest BCUT2D eigenvalue weighted by Gasteiger charge is 2.43. The van der Waals surface area contributed by atoms with Gasteiger partial charge in [0.15, 0.2) is 0 Å². The highest BCUT2D eigenvalue weighted by atomic mass is 32.2. The molecule has 1 atom stereocenters. The SMILES string of the molecule is Cc1ccc(S(=O)(=O)N[C@@H](CCC(=O)O)C(=O)NC2CC(C)(C)N(C)C(C)(C)C2)cc1. The molecule has 174 valence electrons. The first-order chi connectivity index (χ1) is 14.1. The average Bonchev–Trinajstić information content (AvgIpc) is 2.62. The molecule has 0 spiro atoms. The first-order valence-electron chi connectivity index (χ1n) is 10.5. The van der Waals surface area contributed by atoms with E-state index in [9.17, 15) is 18.0 Å². The summed E-state index contributed by atoms with van der Waals surface area (Å²) in [7, 11) is -1.92. The molecule has 1 amide bonds. The molecule has 0 saturated carbocycles. The Hall–Kier alpha value is -1.97. The summed E-state index contributed by atoms with van der Waals surface area (Å²) < 4.78 is 28.0. The van der Waals surface area contributed by atoms with Crippen molar-refractivity contribution in [1.82, 2.24) is 14.9 Å². The zero-order valence-electron chi connectivity index (χ0n) is 19.2. The molecule has 1 aliphatic rings. The summed E-state index contributed by atoms with van der Waals surface area (Å²) >= 11 is 0. The van der Waals surface area contributed by atoms with E-state index in [1.165, 1.54) is 12.1 Å². The quantitative estimate of drug-likeness (QED) is 0.556.